The fourth-order valence-electron chi connectivity index (χ4n) is 3.14. The molecular formula is C23H23F2N3O3. The van der Waals surface area contributed by atoms with Crippen LogP contribution in [0.5, 0.6) is 0 Å². The van der Waals surface area contributed by atoms with Gasteiger partial charge in [-0.15, -0.1) is 0 Å². The lowest BCUT2D eigenvalue weighted by molar-refractivity contribution is 0.0602. The van der Waals surface area contributed by atoms with Crippen LogP contribution in [-0.2, 0) is 13.2 Å². The number of aliphatic hydroxyl groups is 1. The van der Waals surface area contributed by atoms with Gasteiger partial charge in [0.15, 0.2) is 0 Å². The van der Waals surface area contributed by atoms with E-state index >= 15 is 0 Å². The topological polar surface area (TPSA) is 84.2 Å². The van der Waals surface area contributed by atoms with Crippen LogP contribution in [0.25, 0.3) is 0 Å². The molecule has 0 saturated carbocycles. The third-order valence-electron chi connectivity index (χ3n) is 4.61. The molecule has 0 spiro atoms. The maximum absolute atomic E-state index is 14.5. The van der Waals surface area contributed by atoms with E-state index in [0.29, 0.717) is 11.1 Å². The summed E-state index contributed by atoms with van der Waals surface area (Å²) in [5.41, 5.74) is -0.384. The van der Waals surface area contributed by atoms with Gasteiger partial charge in [-0.2, -0.15) is 0 Å². The van der Waals surface area contributed by atoms with Crippen LogP contribution in [0.3, 0.4) is 0 Å². The van der Waals surface area contributed by atoms with Crippen LogP contribution in [0, 0.1) is 5.82 Å². The second kappa shape index (κ2) is 9.18. The lowest BCUT2D eigenvalue weighted by Crippen LogP contribution is -2.34. The van der Waals surface area contributed by atoms with Crippen molar-refractivity contribution in [2.24, 2.45) is 0 Å². The second-order valence-electron chi connectivity index (χ2n) is 7.85. The minimum Gasteiger partial charge on any atom is -0.389 e. The lowest BCUT2D eigenvalue weighted by atomic mass is 10.0. The molecule has 31 heavy (non-hydrogen) atoms. The van der Waals surface area contributed by atoms with Crippen LogP contribution in [0.15, 0.2) is 65.7 Å². The molecule has 1 amide bonds. The van der Waals surface area contributed by atoms with Crippen molar-refractivity contribution in [2.75, 3.05) is 0 Å². The first-order valence-corrected chi connectivity index (χ1v) is 9.67. The molecule has 0 unspecified atom stereocenters. The van der Waals surface area contributed by atoms with Gasteiger partial charge in [0.05, 0.1) is 23.8 Å². The Morgan fingerprint density at radius 2 is 1.90 bits per heavy atom. The van der Waals surface area contributed by atoms with Gasteiger partial charge in [0.2, 0.25) is 0 Å². The van der Waals surface area contributed by atoms with Crippen molar-refractivity contribution in [1.82, 2.24) is 14.9 Å². The Hall–Kier alpha value is -3.39. The van der Waals surface area contributed by atoms with Gasteiger partial charge in [0.1, 0.15) is 18.2 Å². The molecule has 162 valence electrons. The number of nitrogens with one attached hydrogen (secondary N) is 1. The zero-order valence-corrected chi connectivity index (χ0v) is 17.2. The van der Waals surface area contributed by atoms with Gasteiger partial charge in [-0.25, -0.2) is 8.78 Å². The largest absolute Gasteiger partial charge is 0.389 e. The first-order chi connectivity index (χ1) is 14.7. The van der Waals surface area contributed by atoms with Crippen molar-refractivity contribution in [3.05, 3.63) is 99.5 Å². The number of nitrogens with zero attached hydrogens (tertiary/aromatic N) is 2. The van der Waals surface area contributed by atoms with Crippen molar-refractivity contribution in [3.8, 4) is 0 Å². The summed E-state index contributed by atoms with van der Waals surface area (Å²) in [7, 11) is 0. The summed E-state index contributed by atoms with van der Waals surface area (Å²) in [6.45, 7) is 2.45. The molecule has 3 rings (SSSR count). The zero-order valence-electron chi connectivity index (χ0n) is 17.2. The molecule has 1 aromatic carbocycles. The second-order valence-corrected chi connectivity index (χ2v) is 7.85. The standard InChI is InChI=1S/C23H23F2N3O3/c1-23(2,31)14-28-13-17(9-10-19(28)29)22(30)27-20(21-18(25)4-3-11-26-21)16-7-5-15(12-24)6-8-16/h3-11,13,20,31H,12,14H2,1-2H3,(H,27,30)/t20-/m0/s1. The highest BCUT2D eigenvalue weighted by molar-refractivity contribution is 5.94. The Bertz CT molecular complexity index is 1120. The molecule has 8 heteroatoms. The number of benzene rings is 1. The van der Waals surface area contributed by atoms with E-state index in [0.717, 1.165) is 0 Å². The molecule has 0 fully saturated rings. The highest BCUT2D eigenvalue weighted by atomic mass is 19.1. The van der Waals surface area contributed by atoms with Crippen LogP contribution < -0.4 is 10.9 Å². The number of amides is 1. The fraction of sp³-hybridized carbons (Fsp3) is 0.261. The predicted octanol–water partition coefficient (Wildman–Crippen LogP) is 3.14. The van der Waals surface area contributed by atoms with Gasteiger partial charge in [0, 0.05) is 18.5 Å². The Kier molecular flexibility index (Phi) is 6.60. The molecule has 6 nitrogen and oxygen atoms in total. The van der Waals surface area contributed by atoms with Gasteiger partial charge >= 0.3 is 0 Å². The van der Waals surface area contributed by atoms with Crippen molar-refractivity contribution >= 4 is 5.91 Å². The summed E-state index contributed by atoms with van der Waals surface area (Å²) in [6, 6.07) is 10.6. The molecule has 2 aromatic heterocycles. The van der Waals surface area contributed by atoms with E-state index < -0.39 is 30.0 Å². The highest BCUT2D eigenvalue weighted by Crippen LogP contribution is 2.24. The molecule has 0 saturated heterocycles. The van der Waals surface area contributed by atoms with Gasteiger partial charge in [-0.3, -0.25) is 14.6 Å². The quantitative estimate of drug-likeness (QED) is 0.607. The van der Waals surface area contributed by atoms with Crippen LogP contribution in [0.4, 0.5) is 8.78 Å². The molecule has 0 bridgehead atoms. The van der Waals surface area contributed by atoms with Crippen LogP contribution in [0.1, 0.15) is 47.1 Å². The van der Waals surface area contributed by atoms with E-state index in [1.165, 1.54) is 41.2 Å². The first-order valence-electron chi connectivity index (χ1n) is 9.67. The predicted molar refractivity (Wildman–Crippen MR) is 112 cm³/mol. The van der Waals surface area contributed by atoms with Crippen LogP contribution >= 0.6 is 0 Å². The Labute approximate surface area is 178 Å². The summed E-state index contributed by atoms with van der Waals surface area (Å²) in [6.07, 6.45) is 2.75. The van der Waals surface area contributed by atoms with Crippen molar-refractivity contribution in [3.63, 3.8) is 0 Å². The number of hydrogen-bond donors (Lipinski definition) is 2. The number of hydrogen-bond acceptors (Lipinski definition) is 4. The Morgan fingerprint density at radius 3 is 2.52 bits per heavy atom. The van der Waals surface area contributed by atoms with E-state index in [1.54, 1.807) is 38.1 Å². The van der Waals surface area contributed by atoms with Gasteiger partial charge in [-0.1, -0.05) is 24.3 Å². The average Bonchev–Trinajstić information content (AvgIpc) is 2.73. The monoisotopic (exact) mass is 427 g/mol. The van der Waals surface area contributed by atoms with Crippen LogP contribution in [-0.4, -0.2) is 26.2 Å². The van der Waals surface area contributed by atoms with E-state index in [1.807, 2.05) is 0 Å². The Morgan fingerprint density at radius 1 is 1.19 bits per heavy atom. The van der Waals surface area contributed by atoms with E-state index in [9.17, 15) is 23.5 Å². The van der Waals surface area contributed by atoms with Crippen LogP contribution in [0.2, 0.25) is 0 Å². The van der Waals surface area contributed by atoms with E-state index in [-0.39, 0.29) is 23.4 Å². The highest BCUT2D eigenvalue weighted by Gasteiger charge is 2.23. The summed E-state index contributed by atoms with van der Waals surface area (Å²) in [5.74, 6) is -1.16. The van der Waals surface area contributed by atoms with Gasteiger partial charge in [0.25, 0.3) is 11.5 Å². The van der Waals surface area contributed by atoms with Crippen molar-refractivity contribution in [1.29, 1.82) is 0 Å². The molecule has 0 aliphatic heterocycles. The van der Waals surface area contributed by atoms with E-state index in [4.69, 9.17) is 0 Å². The van der Waals surface area contributed by atoms with Gasteiger partial charge in [-0.05, 0) is 43.2 Å². The minimum atomic E-state index is -1.16. The normalized spacial score (nSPS) is 12.4. The number of pyridine rings is 2. The van der Waals surface area contributed by atoms with Gasteiger partial charge < -0.3 is 15.0 Å². The first kappa shape index (κ1) is 22.3. The number of aromatic nitrogens is 2. The number of alkyl halides is 1. The summed E-state index contributed by atoms with van der Waals surface area (Å²) < 4.78 is 28.6. The molecular weight excluding hydrogens is 404 g/mol. The summed E-state index contributed by atoms with van der Waals surface area (Å²) >= 11 is 0. The third kappa shape index (κ3) is 5.61. The fourth-order valence-corrected chi connectivity index (χ4v) is 3.14. The third-order valence-corrected chi connectivity index (χ3v) is 4.61. The summed E-state index contributed by atoms with van der Waals surface area (Å²) in [5, 5.41) is 12.7. The average molecular weight is 427 g/mol. The minimum absolute atomic E-state index is 0.00402. The SMILES string of the molecule is CC(C)(O)Cn1cc(C(=O)N[C@@H](c2ccc(CF)cc2)c2ncccc2F)ccc1=O. The number of carbonyl (C=O) groups excluding carboxylic acids is 1. The summed E-state index contributed by atoms with van der Waals surface area (Å²) in [4.78, 5) is 29.1. The molecule has 1 atom stereocenters. The number of rotatable bonds is 7. The smallest absolute Gasteiger partial charge is 0.253 e. The zero-order chi connectivity index (χ0) is 22.6. The molecule has 0 radical (unpaired) electrons. The molecule has 0 aliphatic carbocycles. The van der Waals surface area contributed by atoms with Crippen molar-refractivity contribution in [2.45, 2.75) is 38.7 Å². The number of halogens is 2. The van der Waals surface area contributed by atoms with Crippen molar-refractivity contribution < 1.29 is 18.7 Å². The molecule has 0 aliphatic rings. The Balaban J connectivity index is 1.96. The lowest BCUT2D eigenvalue weighted by Gasteiger charge is -2.21. The molecule has 3 aromatic rings. The molecule has 2 heterocycles. The molecule has 2 N–H and O–H groups in total. The maximum Gasteiger partial charge on any atom is 0.253 e. The van der Waals surface area contributed by atoms with E-state index in [2.05, 4.69) is 10.3 Å². The maximum atomic E-state index is 14.5. The number of carbonyl (C=O) groups is 1.